The molecule has 71 heavy (non-hydrogen) atoms. The monoisotopic (exact) mass is 979 g/mol. The van der Waals surface area contributed by atoms with Gasteiger partial charge >= 0.3 is 17.9 Å². The molecule has 0 aliphatic heterocycles. The highest BCUT2D eigenvalue weighted by molar-refractivity contribution is 5.71. The Bertz CT molecular complexity index is 1590. The van der Waals surface area contributed by atoms with Crippen LogP contribution in [0.25, 0.3) is 0 Å². The molecule has 1 unspecified atom stereocenters. The normalized spacial score (nSPS) is 13.2. The number of unbranched alkanes of at least 4 members (excludes halogenated alkanes) is 14. The average molecular weight is 980 g/mol. The summed E-state index contributed by atoms with van der Waals surface area (Å²) in [5, 5.41) is 0. The van der Waals surface area contributed by atoms with E-state index in [4.69, 9.17) is 14.2 Å². The molecule has 0 aromatic heterocycles. The Hall–Kier alpha value is -4.71. The molecule has 0 aromatic rings. The zero-order valence-corrected chi connectivity index (χ0v) is 45.4. The van der Waals surface area contributed by atoms with Crippen LogP contribution in [0.2, 0.25) is 0 Å². The van der Waals surface area contributed by atoms with Gasteiger partial charge in [0.05, 0.1) is 0 Å². The highest BCUT2D eigenvalue weighted by Crippen LogP contribution is 2.12. The first-order chi connectivity index (χ1) is 35.0. The molecule has 0 amide bonds. The lowest BCUT2D eigenvalue weighted by molar-refractivity contribution is -0.167. The molecule has 0 saturated carbocycles. The second-order valence-electron chi connectivity index (χ2n) is 18.1. The first kappa shape index (κ1) is 66.3. The Balaban J connectivity index is 4.41. The first-order valence-electron chi connectivity index (χ1n) is 28.3. The van der Waals surface area contributed by atoms with Crippen molar-refractivity contribution in [1.82, 2.24) is 0 Å². The van der Waals surface area contributed by atoms with Gasteiger partial charge in [-0.1, -0.05) is 224 Å². The lowest BCUT2D eigenvalue weighted by Crippen LogP contribution is -2.30. The van der Waals surface area contributed by atoms with Crippen molar-refractivity contribution in [3.63, 3.8) is 0 Å². The largest absolute Gasteiger partial charge is 0.462 e. The van der Waals surface area contributed by atoms with Crippen LogP contribution in [-0.2, 0) is 28.6 Å². The van der Waals surface area contributed by atoms with E-state index in [9.17, 15) is 14.4 Å². The maximum absolute atomic E-state index is 12.8. The molecule has 0 saturated heterocycles. The smallest absolute Gasteiger partial charge is 0.306 e. The van der Waals surface area contributed by atoms with Crippen molar-refractivity contribution in [1.29, 1.82) is 0 Å². The number of esters is 3. The number of carbonyl (C=O) groups is 3. The molecule has 0 fully saturated rings. The molecule has 0 aromatic carbocycles. The summed E-state index contributed by atoms with van der Waals surface area (Å²) in [5.74, 6) is -1.01. The molecule has 0 spiro atoms. The zero-order chi connectivity index (χ0) is 51.4. The summed E-state index contributed by atoms with van der Waals surface area (Å²) in [5.41, 5.74) is 0. The van der Waals surface area contributed by atoms with Crippen molar-refractivity contribution in [2.45, 2.75) is 232 Å². The highest BCUT2D eigenvalue weighted by atomic mass is 16.6. The van der Waals surface area contributed by atoms with Gasteiger partial charge in [-0.3, -0.25) is 14.4 Å². The van der Waals surface area contributed by atoms with Crippen molar-refractivity contribution in [3.8, 4) is 0 Å². The van der Waals surface area contributed by atoms with Crippen LogP contribution in [0, 0.1) is 0 Å². The zero-order valence-electron chi connectivity index (χ0n) is 45.4. The van der Waals surface area contributed by atoms with E-state index in [1.165, 1.54) is 32.1 Å². The molecule has 0 bridgehead atoms. The molecular formula is C65H102O6. The van der Waals surface area contributed by atoms with Crippen LogP contribution < -0.4 is 0 Å². The number of carbonyl (C=O) groups excluding carboxylic acids is 3. The van der Waals surface area contributed by atoms with Gasteiger partial charge in [-0.05, 0) is 128 Å². The third-order valence-corrected chi connectivity index (χ3v) is 11.3. The van der Waals surface area contributed by atoms with Gasteiger partial charge in [0.25, 0.3) is 0 Å². The number of allylic oxidation sites excluding steroid dienone is 24. The molecule has 0 rings (SSSR count). The number of ether oxygens (including phenoxy) is 3. The summed E-state index contributed by atoms with van der Waals surface area (Å²) in [7, 11) is 0. The Morgan fingerprint density at radius 3 is 0.986 bits per heavy atom. The average Bonchev–Trinajstić information content (AvgIpc) is 3.37. The first-order valence-corrected chi connectivity index (χ1v) is 28.3. The van der Waals surface area contributed by atoms with Crippen LogP contribution in [0.3, 0.4) is 0 Å². The fourth-order valence-corrected chi connectivity index (χ4v) is 7.05. The molecule has 0 aliphatic rings. The minimum atomic E-state index is -0.817. The van der Waals surface area contributed by atoms with Gasteiger partial charge in [-0.2, -0.15) is 0 Å². The number of hydrogen-bond acceptors (Lipinski definition) is 6. The number of rotatable bonds is 49. The maximum Gasteiger partial charge on any atom is 0.306 e. The minimum absolute atomic E-state index is 0.112. The van der Waals surface area contributed by atoms with Gasteiger partial charge in [0.15, 0.2) is 6.10 Å². The van der Waals surface area contributed by atoms with Crippen molar-refractivity contribution in [2.24, 2.45) is 0 Å². The van der Waals surface area contributed by atoms with Crippen LogP contribution in [0.5, 0.6) is 0 Å². The van der Waals surface area contributed by atoms with E-state index in [-0.39, 0.29) is 37.5 Å². The molecule has 0 radical (unpaired) electrons. The Labute approximate surface area is 436 Å². The molecule has 0 N–H and O–H groups in total. The predicted molar refractivity (Wildman–Crippen MR) is 306 cm³/mol. The van der Waals surface area contributed by atoms with E-state index in [0.29, 0.717) is 19.3 Å². The molecule has 1 atom stereocenters. The quantitative estimate of drug-likeness (QED) is 0.0262. The highest BCUT2D eigenvalue weighted by Gasteiger charge is 2.19. The van der Waals surface area contributed by atoms with Crippen molar-refractivity contribution in [2.75, 3.05) is 13.2 Å². The van der Waals surface area contributed by atoms with Gasteiger partial charge in [-0.15, -0.1) is 0 Å². The predicted octanol–water partition coefficient (Wildman–Crippen LogP) is 19.2. The van der Waals surface area contributed by atoms with Gasteiger partial charge in [-0.25, -0.2) is 0 Å². The van der Waals surface area contributed by atoms with Crippen molar-refractivity contribution < 1.29 is 28.6 Å². The topological polar surface area (TPSA) is 78.9 Å². The van der Waals surface area contributed by atoms with E-state index >= 15 is 0 Å². The summed E-state index contributed by atoms with van der Waals surface area (Å²) >= 11 is 0. The van der Waals surface area contributed by atoms with Crippen LogP contribution in [0.15, 0.2) is 146 Å². The fourth-order valence-electron chi connectivity index (χ4n) is 7.05. The Morgan fingerprint density at radius 1 is 0.296 bits per heavy atom. The van der Waals surface area contributed by atoms with Crippen LogP contribution in [0.4, 0.5) is 0 Å². The second-order valence-corrected chi connectivity index (χ2v) is 18.1. The summed E-state index contributed by atoms with van der Waals surface area (Å²) < 4.78 is 16.7. The molecular weight excluding hydrogens is 877 g/mol. The number of hydrogen-bond donors (Lipinski definition) is 0. The summed E-state index contributed by atoms with van der Waals surface area (Å²) in [6, 6.07) is 0. The van der Waals surface area contributed by atoms with Gasteiger partial charge in [0.1, 0.15) is 13.2 Å². The Morgan fingerprint density at radius 2 is 0.592 bits per heavy atom. The third kappa shape index (κ3) is 56.1. The molecule has 398 valence electrons. The maximum atomic E-state index is 12.8. The van der Waals surface area contributed by atoms with E-state index < -0.39 is 6.10 Å². The van der Waals surface area contributed by atoms with E-state index in [1.54, 1.807) is 0 Å². The molecule has 6 nitrogen and oxygen atoms in total. The van der Waals surface area contributed by atoms with E-state index in [0.717, 1.165) is 148 Å². The SMILES string of the molecule is CC/C=C\C/C=C\C/C=C\C/C=C\C/C=C\C/C=C\C/C=C\C/C=C\C/C=C\CCCC(=O)OCC(COC(=O)CCCCCCC/C=C\CCC)OC(=O)CCCCCCC/C=C\C/C=C\CCCC. The fraction of sp³-hybridized carbons (Fsp3) is 0.585. The molecule has 0 aliphatic carbocycles. The standard InChI is InChI=1S/C65H102O6/c1-4-7-10-13-16-19-22-24-26-27-28-29-30-31-32-33-34-35-36-37-38-39-40-42-43-46-49-52-55-58-64(67)70-61-62(60-69-63(66)57-54-51-48-45-21-18-15-12-9-6-3)71-65(68)59-56-53-50-47-44-41-25-23-20-17-14-11-8-5-2/h7,10,12,14-17,19,23-26,28-29,31-32,34-35,37-38,40,42,46,49,62H,4-6,8-9,11,13,18,20-22,27,30,33,36,39,41,43-45,47-48,50-61H2,1-3H3/b10-7-,15-12-,17-14-,19-16-,25-23-,26-24-,29-28-,32-31-,35-34-,38-37-,42-40-,49-46-. The van der Waals surface area contributed by atoms with Crippen LogP contribution >= 0.6 is 0 Å². The van der Waals surface area contributed by atoms with E-state index in [2.05, 4.69) is 167 Å². The van der Waals surface area contributed by atoms with Crippen LogP contribution in [0.1, 0.15) is 226 Å². The minimum Gasteiger partial charge on any atom is -0.462 e. The lowest BCUT2D eigenvalue weighted by Gasteiger charge is -2.18. The van der Waals surface area contributed by atoms with Crippen molar-refractivity contribution in [3.05, 3.63) is 146 Å². The molecule has 6 heteroatoms. The Kier molecular flexibility index (Phi) is 54.0. The van der Waals surface area contributed by atoms with Gasteiger partial charge in [0, 0.05) is 19.3 Å². The van der Waals surface area contributed by atoms with Gasteiger partial charge in [0.2, 0.25) is 0 Å². The molecule has 0 heterocycles. The summed E-state index contributed by atoms with van der Waals surface area (Å²) in [6.45, 7) is 6.33. The summed E-state index contributed by atoms with van der Waals surface area (Å²) in [6.07, 6.45) is 82.8. The van der Waals surface area contributed by atoms with Gasteiger partial charge < -0.3 is 14.2 Å². The second kappa shape index (κ2) is 57.9. The van der Waals surface area contributed by atoms with Crippen LogP contribution in [-0.4, -0.2) is 37.2 Å². The van der Waals surface area contributed by atoms with Crippen molar-refractivity contribution >= 4 is 17.9 Å². The lowest BCUT2D eigenvalue weighted by atomic mass is 10.1. The third-order valence-electron chi connectivity index (χ3n) is 11.3. The summed E-state index contributed by atoms with van der Waals surface area (Å²) in [4.78, 5) is 38.0. The van der Waals surface area contributed by atoms with E-state index in [1.807, 2.05) is 0 Å².